The van der Waals surface area contributed by atoms with Gasteiger partial charge in [0, 0.05) is 5.56 Å². The van der Waals surface area contributed by atoms with Gasteiger partial charge in [-0.15, -0.1) is 10.2 Å². The topological polar surface area (TPSA) is 119 Å². The van der Waals surface area contributed by atoms with Crippen molar-refractivity contribution in [2.75, 3.05) is 27.7 Å². The summed E-state index contributed by atoms with van der Waals surface area (Å²) >= 11 is 0. The largest absolute Gasteiger partial charge is 0.461 e. The van der Waals surface area contributed by atoms with Crippen LogP contribution in [0, 0.1) is 10.2 Å². The average Bonchev–Trinajstić information content (AvgIpc) is 2.26. The third-order valence-electron chi connectivity index (χ3n) is 2.40. The zero-order valence-electron chi connectivity index (χ0n) is 12.4. The summed E-state index contributed by atoms with van der Waals surface area (Å²) in [6.45, 7) is 2.25. The van der Waals surface area contributed by atoms with Crippen LogP contribution < -0.4 is 18.6 Å². The minimum absolute atomic E-state index is 0.166. The maximum Gasteiger partial charge on any atom is 0.369 e. The molecule has 0 fully saturated rings. The van der Waals surface area contributed by atoms with Gasteiger partial charge in [-0.05, 0) is 6.92 Å². The highest BCUT2D eigenvalue weighted by atomic mass is 35.7. The van der Waals surface area contributed by atoms with Gasteiger partial charge in [0.05, 0.1) is 27.7 Å². The van der Waals surface area contributed by atoms with E-state index in [0.717, 1.165) is 5.56 Å². The van der Waals surface area contributed by atoms with Crippen LogP contribution in [0.25, 0.3) is 0 Å². The fraction of sp³-hybridized carbons (Fsp3) is 0.462. The zero-order chi connectivity index (χ0) is 16.7. The van der Waals surface area contributed by atoms with Crippen molar-refractivity contribution in [3.05, 3.63) is 35.9 Å². The summed E-state index contributed by atoms with van der Waals surface area (Å²) in [6.07, 6.45) is 0. The molecular formula is C13H20ClNO6. The van der Waals surface area contributed by atoms with Gasteiger partial charge in [0.25, 0.3) is 0 Å². The molecule has 21 heavy (non-hydrogen) atoms. The van der Waals surface area contributed by atoms with Gasteiger partial charge in [-0.2, -0.15) is 0 Å². The number of ether oxygens (including phenoxy) is 1. The third kappa shape index (κ3) is 9.35. The number of benzene rings is 1. The molecule has 0 aromatic heterocycles. The first-order valence-corrected chi connectivity index (χ1v) is 7.34. The van der Waals surface area contributed by atoms with Gasteiger partial charge in [0.1, 0.15) is 0 Å². The van der Waals surface area contributed by atoms with Crippen molar-refractivity contribution in [3.8, 4) is 0 Å². The minimum atomic E-state index is -4.94. The molecular weight excluding hydrogens is 302 g/mol. The number of halogens is 1. The lowest BCUT2D eigenvalue weighted by Crippen LogP contribution is -2.68. The first-order valence-electron chi connectivity index (χ1n) is 6.11. The first-order chi connectivity index (χ1) is 9.46. The van der Waals surface area contributed by atoms with Crippen molar-refractivity contribution in [1.29, 1.82) is 0 Å². The molecule has 1 atom stereocenters. The van der Waals surface area contributed by atoms with Gasteiger partial charge < -0.3 is 9.22 Å². The molecule has 0 radical (unpaired) electrons. The van der Waals surface area contributed by atoms with Crippen LogP contribution in [-0.4, -0.2) is 38.2 Å². The van der Waals surface area contributed by atoms with Crippen LogP contribution in [0.15, 0.2) is 30.3 Å². The number of esters is 1. The lowest BCUT2D eigenvalue weighted by Gasteiger charge is -2.32. The number of hydrogen-bond acceptors (Lipinski definition) is 6. The van der Waals surface area contributed by atoms with E-state index in [2.05, 4.69) is 0 Å². The maximum atomic E-state index is 12.0. The van der Waals surface area contributed by atoms with Crippen molar-refractivity contribution in [2.45, 2.75) is 13.0 Å². The minimum Gasteiger partial charge on any atom is -0.461 e. The van der Waals surface area contributed by atoms with E-state index in [0.29, 0.717) is 11.1 Å². The number of rotatable bonds is 4. The SMILES string of the molecule is CCOC(=O)C(c1ccccc1)[N+](C)(C)C.[O-][Cl+3]([O-])([O-])[O-]. The average molecular weight is 322 g/mol. The summed E-state index contributed by atoms with van der Waals surface area (Å²) in [5.74, 6) is -0.166. The molecule has 0 spiro atoms. The van der Waals surface area contributed by atoms with Gasteiger partial charge in [0.2, 0.25) is 6.04 Å². The number of nitrogens with zero attached hydrogens (tertiary/aromatic N) is 1. The van der Waals surface area contributed by atoms with E-state index < -0.39 is 10.2 Å². The number of hydrogen-bond donors (Lipinski definition) is 0. The van der Waals surface area contributed by atoms with Crippen molar-refractivity contribution >= 4 is 5.97 Å². The lowest BCUT2D eigenvalue weighted by atomic mass is 10.0. The normalized spacial score (nSPS) is 13.0. The van der Waals surface area contributed by atoms with Gasteiger partial charge >= 0.3 is 5.97 Å². The number of quaternary nitrogens is 1. The van der Waals surface area contributed by atoms with E-state index in [1.165, 1.54) is 0 Å². The Labute approximate surface area is 126 Å². The van der Waals surface area contributed by atoms with Crippen molar-refractivity contribution in [2.24, 2.45) is 0 Å². The van der Waals surface area contributed by atoms with Gasteiger partial charge in [-0.1, -0.05) is 30.3 Å². The molecule has 120 valence electrons. The van der Waals surface area contributed by atoms with E-state index in [4.69, 9.17) is 23.4 Å². The molecule has 1 aromatic rings. The standard InChI is InChI=1S/C13H20NO2.ClHO4/c1-5-16-13(15)12(14(2,3)4)11-9-7-6-8-10-11;2-1(3,4)5/h6-10,12H,5H2,1-4H3;(H,2,3,4,5)/q+1;/p-1. The molecule has 0 saturated carbocycles. The molecule has 0 N–H and O–H groups in total. The smallest absolute Gasteiger partial charge is 0.369 e. The van der Waals surface area contributed by atoms with Crippen molar-refractivity contribution in [1.82, 2.24) is 0 Å². The molecule has 0 saturated heterocycles. The molecule has 0 amide bonds. The molecule has 0 heterocycles. The number of carbonyl (C=O) groups is 1. The molecule has 8 heteroatoms. The molecule has 0 aliphatic rings. The molecule has 1 aromatic carbocycles. The van der Waals surface area contributed by atoms with Crippen LogP contribution >= 0.6 is 0 Å². The van der Waals surface area contributed by atoms with Crippen LogP contribution in [-0.2, 0) is 9.53 Å². The number of likely N-dealkylation sites (N-methyl/N-ethyl adjacent to an activating group) is 1. The van der Waals surface area contributed by atoms with E-state index in [1.54, 1.807) is 0 Å². The highest BCUT2D eigenvalue weighted by Gasteiger charge is 2.34. The highest BCUT2D eigenvalue weighted by Crippen LogP contribution is 2.24. The molecule has 1 unspecified atom stereocenters. The van der Waals surface area contributed by atoms with Crippen LogP contribution in [0.4, 0.5) is 0 Å². The second-order valence-electron chi connectivity index (χ2n) is 5.06. The Kier molecular flexibility index (Phi) is 7.80. The second kappa shape index (κ2) is 8.28. The molecule has 0 aliphatic carbocycles. The predicted octanol–water partition coefficient (Wildman–Crippen LogP) is -2.76. The lowest BCUT2D eigenvalue weighted by molar-refractivity contribution is -2.00. The fourth-order valence-corrected chi connectivity index (χ4v) is 1.76. The van der Waals surface area contributed by atoms with Gasteiger partial charge in [0.15, 0.2) is 0 Å². The Morgan fingerprint density at radius 3 is 1.90 bits per heavy atom. The third-order valence-corrected chi connectivity index (χ3v) is 2.40. The van der Waals surface area contributed by atoms with Gasteiger partial charge in [-0.3, -0.25) is 0 Å². The molecule has 7 nitrogen and oxygen atoms in total. The molecule has 1 rings (SSSR count). The first kappa shape index (κ1) is 19.8. The molecule has 0 aliphatic heterocycles. The van der Waals surface area contributed by atoms with E-state index in [9.17, 15) is 4.79 Å². The van der Waals surface area contributed by atoms with Crippen LogP contribution in [0.2, 0.25) is 0 Å². The van der Waals surface area contributed by atoms with E-state index >= 15 is 0 Å². The van der Waals surface area contributed by atoms with Crippen molar-refractivity contribution < 1.29 is 42.9 Å². The Bertz CT molecular complexity index is 421. The summed E-state index contributed by atoms with van der Waals surface area (Å²) in [5.41, 5.74) is 0.994. The predicted molar refractivity (Wildman–Crippen MR) is 63.8 cm³/mol. The summed E-state index contributed by atoms with van der Waals surface area (Å²) < 4.78 is 39.6. The van der Waals surface area contributed by atoms with Crippen LogP contribution in [0.5, 0.6) is 0 Å². The Hall–Kier alpha value is -1.22. The summed E-state index contributed by atoms with van der Waals surface area (Å²) in [5, 5.41) is 0. The van der Waals surface area contributed by atoms with Crippen LogP contribution in [0.3, 0.4) is 0 Å². The van der Waals surface area contributed by atoms with E-state index in [-0.39, 0.29) is 12.0 Å². The molecule has 0 bridgehead atoms. The zero-order valence-corrected chi connectivity index (χ0v) is 13.2. The Morgan fingerprint density at radius 2 is 1.57 bits per heavy atom. The second-order valence-corrected chi connectivity index (χ2v) is 5.82. The number of carbonyl (C=O) groups excluding carboxylic acids is 1. The Morgan fingerprint density at radius 1 is 1.14 bits per heavy atom. The quantitative estimate of drug-likeness (QED) is 0.438. The van der Waals surface area contributed by atoms with Gasteiger partial charge in [-0.25, -0.2) is 23.4 Å². The maximum absolute atomic E-state index is 12.0. The summed E-state index contributed by atoms with van der Waals surface area (Å²) in [7, 11) is 1.04. The fourth-order valence-electron chi connectivity index (χ4n) is 1.76. The van der Waals surface area contributed by atoms with Crippen molar-refractivity contribution in [3.63, 3.8) is 0 Å². The summed E-state index contributed by atoms with van der Waals surface area (Å²) in [4.78, 5) is 12.0. The summed E-state index contributed by atoms with van der Waals surface area (Å²) in [6, 6.07) is 9.49. The highest BCUT2D eigenvalue weighted by molar-refractivity contribution is 5.76. The van der Waals surface area contributed by atoms with Crippen LogP contribution in [0.1, 0.15) is 18.5 Å². The monoisotopic (exact) mass is 321 g/mol. The Balaban J connectivity index is 0.000000690. The van der Waals surface area contributed by atoms with E-state index in [1.807, 2.05) is 58.4 Å².